The van der Waals surface area contributed by atoms with Gasteiger partial charge in [0.05, 0.1) is 22.7 Å². The quantitative estimate of drug-likeness (QED) is 0.378. The molecule has 0 heterocycles. The zero-order valence-electron chi connectivity index (χ0n) is 21.2. The van der Waals surface area contributed by atoms with Gasteiger partial charge in [-0.25, -0.2) is 12.8 Å². The summed E-state index contributed by atoms with van der Waals surface area (Å²) >= 11 is 5.96. The number of nitrogens with zero attached hydrogens (tertiary/aromatic N) is 2. The van der Waals surface area contributed by atoms with Gasteiger partial charge in [0.15, 0.2) is 0 Å². The molecule has 0 bridgehead atoms. The number of carbonyl (C=O) groups excluding carboxylic acids is 2. The number of amides is 2. The minimum Gasteiger partial charge on any atom is -0.497 e. The van der Waals surface area contributed by atoms with E-state index in [-0.39, 0.29) is 28.6 Å². The summed E-state index contributed by atoms with van der Waals surface area (Å²) in [5.74, 6) is -1.13. The molecule has 3 rings (SSSR count). The Morgan fingerprint density at radius 1 is 1.05 bits per heavy atom. The maximum Gasteiger partial charge on any atom is 0.264 e. The summed E-state index contributed by atoms with van der Waals surface area (Å²) in [4.78, 5) is 27.8. The lowest BCUT2D eigenvalue weighted by Gasteiger charge is -2.33. The van der Waals surface area contributed by atoms with Crippen LogP contribution in [-0.4, -0.2) is 51.9 Å². The maximum absolute atomic E-state index is 13.9. The molecule has 2 amide bonds. The number of sulfonamides is 1. The molecule has 0 saturated carbocycles. The number of rotatable bonds is 11. The van der Waals surface area contributed by atoms with Crippen molar-refractivity contribution in [2.75, 3.05) is 25.0 Å². The summed E-state index contributed by atoms with van der Waals surface area (Å²) in [6.45, 7) is 1.15. The van der Waals surface area contributed by atoms with Gasteiger partial charge in [-0.3, -0.25) is 13.9 Å². The highest BCUT2D eigenvalue weighted by Gasteiger charge is 2.33. The van der Waals surface area contributed by atoms with Crippen LogP contribution in [0.5, 0.6) is 5.75 Å². The van der Waals surface area contributed by atoms with Gasteiger partial charge in [-0.15, -0.1) is 0 Å². The molecule has 11 heteroatoms. The second-order valence-electron chi connectivity index (χ2n) is 8.33. The summed E-state index contributed by atoms with van der Waals surface area (Å²) in [6.07, 6.45) is 0.287. The van der Waals surface area contributed by atoms with Crippen LogP contribution in [0.25, 0.3) is 0 Å². The second kappa shape index (κ2) is 12.7. The van der Waals surface area contributed by atoms with E-state index in [0.717, 1.165) is 16.4 Å². The van der Waals surface area contributed by atoms with Crippen molar-refractivity contribution < 1.29 is 27.1 Å². The number of hydrogen-bond acceptors (Lipinski definition) is 5. The minimum absolute atomic E-state index is 0.00555. The number of nitrogens with one attached hydrogen (secondary N) is 1. The van der Waals surface area contributed by atoms with Gasteiger partial charge >= 0.3 is 0 Å². The Bertz CT molecular complexity index is 1370. The summed E-state index contributed by atoms with van der Waals surface area (Å²) < 4.78 is 47.3. The molecule has 0 aliphatic carbocycles. The SMILES string of the molecule is CCC(C(=O)NC)N(Cc1ccc(OC)cc1)C(=O)CN(c1ccc(F)c(Cl)c1)S(=O)(=O)c1ccccc1. The molecule has 0 radical (unpaired) electrons. The standard InChI is InChI=1S/C27H29ClFN3O5S/c1-4-25(27(34)30-2)31(17-19-10-13-21(37-3)14-11-19)26(33)18-32(20-12-15-24(29)23(28)16-20)38(35,36)22-8-6-5-7-9-22/h5-16,25H,4,17-18H2,1-3H3,(H,30,34). The molecule has 0 aliphatic heterocycles. The molecular weight excluding hydrogens is 533 g/mol. The van der Waals surface area contributed by atoms with Crippen LogP contribution in [-0.2, 0) is 26.2 Å². The molecule has 3 aromatic carbocycles. The lowest BCUT2D eigenvalue weighted by molar-refractivity contribution is -0.140. The summed E-state index contributed by atoms with van der Waals surface area (Å²) in [6, 6.07) is 17.1. The van der Waals surface area contributed by atoms with E-state index in [1.54, 1.807) is 49.4 Å². The van der Waals surface area contributed by atoms with Crippen LogP contribution < -0.4 is 14.4 Å². The first kappa shape index (κ1) is 28.9. The van der Waals surface area contributed by atoms with Gasteiger partial charge in [-0.05, 0) is 54.4 Å². The van der Waals surface area contributed by atoms with Crippen molar-refractivity contribution in [2.45, 2.75) is 30.8 Å². The van der Waals surface area contributed by atoms with Crippen LogP contribution in [0, 0.1) is 5.82 Å². The van der Waals surface area contributed by atoms with Crippen LogP contribution in [0.4, 0.5) is 10.1 Å². The van der Waals surface area contributed by atoms with Crippen LogP contribution in [0.3, 0.4) is 0 Å². The number of anilines is 1. The van der Waals surface area contributed by atoms with Crippen LogP contribution in [0.1, 0.15) is 18.9 Å². The Kier molecular flexibility index (Phi) is 9.71. The molecule has 0 fully saturated rings. The number of ether oxygens (including phenoxy) is 1. The number of carbonyl (C=O) groups is 2. The van der Waals surface area contributed by atoms with Crippen LogP contribution in [0.15, 0.2) is 77.7 Å². The third kappa shape index (κ3) is 6.62. The first-order valence-electron chi connectivity index (χ1n) is 11.8. The average molecular weight is 562 g/mol. The average Bonchev–Trinajstić information content (AvgIpc) is 2.93. The largest absolute Gasteiger partial charge is 0.497 e. The number of hydrogen-bond donors (Lipinski definition) is 1. The molecule has 3 aromatic rings. The van der Waals surface area contributed by atoms with Gasteiger partial charge in [0.1, 0.15) is 24.2 Å². The highest BCUT2D eigenvalue weighted by molar-refractivity contribution is 7.92. The number of benzene rings is 3. The van der Waals surface area contributed by atoms with E-state index in [9.17, 15) is 22.4 Å². The van der Waals surface area contributed by atoms with Crippen molar-refractivity contribution >= 4 is 39.1 Å². The zero-order valence-corrected chi connectivity index (χ0v) is 22.8. The maximum atomic E-state index is 13.9. The van der Waals surface area contributed by atoms with Crippen molar-refractivity contribution in [3.63, 3.8) is 0 Å². The third-order valence-corrected chi connectivity index (χ3v) is 8.02. The zero-order chi connectivity index (χ0) is 27.9. The Morgan fingerprint density at radius 2 is 1.71 bits per heavy atom. The van der Waals surface area contributed by atoms with E-state index in [4.69, 9.17) is 16.3 Å². The fourth-order valence-corrected chi connectivity index (χ4v) is 5.50. The Morgan fingerprint density at radius 3 is 2.26 bits per heavy atom. The van der Waals surface area contributed by atoms with Crippen molar-refractivity contribution in [1.29, 1.82) is 0 Å². The van der Waals surface area contributed by atoms with E-state index < -0.39 is 40.2 Å². The van der Waals surface area contributed by atoms with Gasteiger partial charge in [0.2, 0.25) is 11.8 Å². The number of halogens is 2. The molecule has 1 atom stereocenters. The molecule has 0 spiro atoms. The van der Waals surface area contributed by atoms with E-state index in [0.29, 0.717) is 11.3 Å². The first-order valence-corrected chi connectivity index (χ1v) is 13.6. The van der Waals surface area contributed by atoms with E-state index >= 15 is 0 Å². The van der Waals surface area contributed by atoms with Crippen molar-refractivity contribution in [1.82, 2.24) is 10.2 Å². The molecule has 8 nitrogen and oxygen atoms in total. The summed E-state index contributed by atoms with van der Waals surface area (Å²) in [7, 11) is -1.26. The fourth-order valence-electron chi connectivity index (χ4n) is 3.90. The Hall–Kier alpha value is -3.63. The van der Waals surface area contributed by atoms with E-state index in [1.165, 1.54) is 37.3 Å². The molecule has 0 saturated heterocycles. The topological polar surface area (TPSA) is 96.0 Å². The molecular formula is C27H29ClFN3O5S. The highest BCUT2D eigenvalue weighted by Crippen LogP contribution is 2.28. The Balaban J connectivity index is 2.06. The smallest absolute Gasteiger partial charge is 0.264 e. The Labute approximate surface area is 227 Å². The molecule has 202 valence electrons. The minimum atomic E-state index is -4.26. The van der Waals surface area contributed by atoms with Crippen LogP contribution in [0.2, 0.25) is 5.02 Å². The van der Waals surface area contributed by atoms with Gasteiger partial charge in [0.25, 0.3) is 10.0 Å². The lowest BCUT2D eigenvalue weighted by atomic mass is 10.1. The van der Waals surface area contributed by atoms with Crippen molar-refractivity contribution in [2.24, 2.45) is 0 Å². The predicted octanol–water partition coefficient (Wildman–Crippen LogP) is 4.24. The summed E-state index contributed by atoms with van der Waals surface area (Å²) in [5, 5.41) is 2.27. The van der Waals surface area contributed by atoms with E-state index in [1.807, 2.05) is 0 Å². The first-order chi connectivity index (χ1) is 18.1. The van der Waals surface area contributed by atoms with E-state index in [2.05, 4.69) is 5.32 Å². The second-order valence-corrected chi connectivity index (χ2v) is 10.6. The lowest BCUT2D eigenvalue weighted by Crippen LogP contribution is -2.51. The number of likely N-dealkylation sites (N-methyl/N-ethyl adjacent to an activating group) is 1. The fraction of sp³-hybridized carbons (Fsp3) is 0.259. The van der Waals surface area contributed by atoms with Gasteiger partial charge in [-0.1, -0.05) is 48.9 Å². The molecule has 0 aliphatic rings. The predicted molar refractivity (Wildman–Crippen MR) is 144 cm³/mol. The van der Waals surface area contributed by atoms with Gasteiger partial charge in [-0.2, -0.15) is 0 Å². The van der Waals surface area contributed by atoms with Crippen molar-refractivity contribution in [3.05, 3.63) is 89.2 Å². The van der Waals surface area contributed by atoms with Crippen LogP contribution >= 0.6 is 11.6 Å². The van der Waals surface area contributed by atoms with Crippen molar-refractivity contribution in [3.8, 4) is 5.75 Å². The molecule has 38 heavy (non-hydrogen) atoms. The normalized spacial score (nSPS) is 11.9. The highest BCUT2D eigenvalue weighted by atomic mass is 35.5. The van der Waals surface area contributed by atoms with Gasteiger partial charge in [0, 0.05) is 13.6 Å². The molecule has 0 aromatic heterocycles. The van der Waals surface area contributed by atoms with Gasteiger partial charge < -0.3 is 15.0 Å². The monoisotopic (exact) mass is 561 g/mol. The number of methoxy groups -OCH3 is 1. The third-order valence-electron chi connectivity index (χ3n) is 5.95. The molecule has 1 N–H and O–H groups in total. The molecule has 1 unspecified atom stereocenters. The summed E-state index contributed by atoms with van der Waals surface area (Å²) in [5.41, 5.74) is 0.717.